The van der Waals surface area contributed by atoms with Gasteiger partial charge in [0.1, 0.15) is 24.5 Å². The van der Waals surface area contributed by atoms with Crippen molar-refractivity contribution in [1.29, 1.82) is 0 Å². The maximum atomic E-state index is 14.0. The van der Waals surface area contributed by atoms with Crippen molar-refractivity contribution in [2.24, 2.45) is 0 Å². The minimum atomic E-state index is -4.65. The maximum absolute atomic E-state index is 14.0. The molecular weight excluding hydrogens is 628 g/mol. The lowest BCUT2D eigenvalue weighted by atomic mass is 10.1. The first-order valence-electron chi connectivity index (χ1n) is 13.2. The summed E-state index contributed by atoms with van der Waals surface area (Å²) in [5, 5.41) is 28.9. The van der Waals surface area contributed by atoms with E-state index in [1.807, 2.05) is 0 Å². The summed E-state index contributed by atoms with van der Waals surface area (Å²) < 4.78 is 62.3. The van der Waals surface area contributed by atoms with Crippen molar-refractivity contribution < 1.29 is 51.3 Å². The zero-order valence-corrected chi connectivity index (χ0v) is 25.6. The molecule has 0 aromatic heterocycles. The second-order valence-electron chi connectivity index (χ2n) is 9.91. The summed E-state index contributed by atoms with van der Waals surface area (Å²) >= 11 is 0. The van der Waals surface area contributed by atoms with Crippen LogP contribution in [0.2, 0.25) is 0 Å². The molecule has 0 saturated heterocycles. The number of anilines is 2. The summed E-state index contributed by atoms with van der Waals surface area (Å²) in [6.07, 6.45) is 0. The SMILES string of the molecule is Cc1ccc(S(=O)(=O)N(CC(=O)O)c2cc(OCC(=O)O)c(N(CC(=O)O)S(=O)(=O)c3ccc(C)cc3)c3ccccc23)cc1. The Labute approximate surface area is 258 Å². The quantitative estimate of drug-likeness (QED) is 0.191. The number of aryl methyl sites for hydroxylation is 2. The second-order valence-corrected chi connectivity index (χ2v) is 13.6. The summed E-state index contributed by atoms with van der Waals surface area (Å²) in [6, 6.07) is 17.9. The zero-order chi connectivity index (χ0) is 33.1. The van der Waals surface area contributed by atoms with Crippen LogP contribution in [-0.4, -0.2) is 69.8 Å². The van der Waals surface area contributed by atoms with Gasteiger partial charge >= 0.3 is 17.9 Å². The first-order chi connectivity index (χ1) is 21.1. The molecule has 4 rings (SSSR count). The van der Waals surface area contributed by atoms with Crippen molar-refractivity contribution >= 4 is 60.1 Å². The number of hydrogen-bond donors (Lipinski definition) is 3. The van der Waals surface area contributed by atoms with Crippen LogP contribution in [0.5, 0.6) is 5.75 Å². The Balaban J connectivity index is 2.09. The monoisotopic (exact) mass is 656 g/mol. The normalized spacial score (nSPS) is 11.6. The van der Waals surface area contributed by atoms with E-state index in [0.717, 1.165) is 17.2 Å². The highest BCUT2D eigenvalue weighted by Crippen LogP contribution is 2.45. The van der Waals surface area contributed by atoms with E-state index < -0.39 is 63.4 Å². The molecular formula is C30H28N2O11S2. The number of nitrogens with zero attached hydrogens (tertiary/aromatic N) is 2. The molecule has 0 bridgehead atoms. The first kappa shape index (κ1) is 32.8. The van der Waals surface area contributed by atoms with E-state index >= 15 is 0 Å². The molecule has 15 heteroatoms. The number of carboxylic acid groups (broad SMARTS) is 3. The Hall–Kier alpha value is -5.15. The molecule has 0 spiro atoms. The van der Waals surface area contributed by atoms with E-state index in [-0.39, 0.29) is 31.9 Å². The first-order valence-corrected chi connectivity index (χ1v) is 16.0. The number of benzene rings is 4. The van der Waals surface area contributed by atoms with Crippen LogP contribution in [0.4, 0.5) is 11.4 Å². The fourth-order valence-corrected chi connectivity index (χ4v) is 7.40. The van der Waals surface area contributed by atoms with Crippen LogP contribution in [0.15, 0.2) is 88.7 Å². The van der Waals surface area contributed by atoms with Crippen LogP contribution in [0, 0.1) is 13.8 Å². The molecule has 0 fully saturated rings. The van der Waals surface area contributed by atoms with E-state index in [1.54, 1.807) is 13.8 Å². The molecule has 3 N–H and O–H groups in total. The van der Waals surface area contributed by atoms with Crippen LogP contribution < -0.4 is 13.3 Å². The highest BCUT2D eigenvalue weighted by atomic mass is 32.2. The van der Waals surface area contributed by atoms with Gasteiger partial charge in [0.2, 0.25) is 0 Å². The Bertz CT molecular complexity index is 1990. The molecule has 0 aliphatic heterocycles. The average Bonchev–Trinajstić information content (AvgIpc) is 2.97. The lowest BCUT2D eigenvalue weighted by Crippen LogP contribution is -2.37. The minimum absolute atomic E-state index is 0.0154. The number of fused-ring (bicyclic) bond motifs is 1. The van der Waals surface area contributed by atoms with Gasteiger partial charge < -0.3 is 20.1 Å². The predicted octanol–water partition coefficient (Wildman–Crippen LogP) is 3.48. The number of aliphatic carboxylic acids is 3. The third kappa shape index (κ3) is 6.99. The van der Waals surface area contributed by atoms with E-state index in [4.69, 9.17) is 4.74 Å². The van der Waals surface area contributed by atoms with E-state index in [0.29, 0.717) is 8.61 Å². The van der Waals surface area contributed by atoms with E-state index in [2.05, 4.69) is 0 Å². The van der Waals surface area contributed by atoms with Gasteiger partial charge in [-0.3, -0.25) is 18.2 Å². The number of carbonyl (C=O) groups is 3. The molecule has 0 saturated carbocycles. The van der Waals surface area contributed by atoms with Gasteiger partial charge in [0, 0.05) is 16.8 Å². The lowest BCUT2D eigenvalue weighted by Gasteiger charge is -2.30. The van der Waals surface area contributed by atoms with E-state index in [9.17, 15) is 46.5 Å². The second kappa shape index (κ2) is 12.8. The molecule has 0 aliphatic rings. The van der Waals surface area contributed by atoms with Gasteiger partial charge in [0.25, 0.3) is 20.0 Å². The molecule has 13 nitrogen and oxygen atoms in total. The van der Waals surface area contributed by atoms with Crippen LogP contribution in [-0.2, 0) is 34.4 Å². The summed E-state index contributed by atoms with van der Waals surface area (Å²) in [5.41, 5.74) is 0.806. The van der Waals surface area contributed by atoms with Crippen molar-refractivity contribution in [2.45, 2.75) is 23.6 Å². The number of hydrogen-bond acceptors (Lipinski definition) is 8. The third-order valence-electron chi connectivity index (χ3n) is 6.60. The standard InChI is InChI=1S/C30H28N2O11S2/c1-19-7-11-21(12-8-19)44(39,40)31(16-27(33)34)25-15-26(43-18-29(37)38)30(24-6-4-3-5-23(24)25)32(17-28(35)36)45(41,42)22-13-9-20(2)10-14-22/h3-15H,16-18H2,1-2H3,(H,33,34)(H,35,36)(H,37,38). The van der Waals surface area contributed by atoms with Crippen molar-refractivity contribution in [3.63, 3.8) is 0 Å². The lowest BCUT2D eigenvalue weighted by molar-refractivity contribution is -0.139. The van der Waals surface area contributed by atoms with Gasteiger partial charge in [-0.25, -0.2) is 21.6 Å². The molecule has 0 radical (unpaired) electrons. The number of sulfonamides is 2. The van der Waals surface area contributed by atoms with Crippen LogP contribution >= 0.6 is 0 Å². The summed E-state index contributed by atoms with van der Waals surface area (Å²) in [5.74, 6) is -5.08. The van der Waals surface area contributed by atoms with Gasteiger partial charge in [-0.15, -0.1) is 0 Å². The van der Waals surface area contributed by atoms with Gasteiger partial charge in [0.15, 0.2) is 6.61 Å². The predicted molar refractivity (Wildman–Crippen MR) is 164 cm³/mol. The summed E-state index contributed by atoms with van der Waals surface area (Å²) in [4.78, 5) is 35.1. The largest absolute Gasteiger partial charge is 0.480 e. The number of rotatable bonds is 13. The third-order valence-corrected chi connectivity index (χ3v) is 10.1. The fourth-order valence-electron chi connectivity index (χ4n) is 4.53. The minimum Gasteiger partial charge on any atom is -0.480 e. The van der Waals surface area contributed by atoms with Gasteiger partial charge in [-0.1, -0.05) is 59.7 Å². The highest BCUT2D eigenvalue weighted by molar-refractivity contribution is 7.93. The average molecular weight is 657 g/mol. The molecule has 0 unspecified atom stereocenters. The van der Waals surface area contributed by atoms with Crippen molar-refractivity contribution in [3.05, 3.63) is 90.0 Å². The van der Waals surface area contributed by atoms with Crippen molar-refractivity contribution in [3.8, 4) is 5.75 Å². The molecule has 0 amide bonds. The van der Waals surface area contributed by atoms with E-state index in [1.165, 1.54) is 72.8 Å². The molecule has 0 atom stereocenters. The Morgan fingerprint density at radius 3 is 1.56 bits per heavy atom. The van der Waals surface area contributed by atoms with Crippen molar-refractivity contribution in [2.75, 3.05) is 28.3 Å². The fraction of sp³-hybridized carbons (Fsp3) is 0.167. The molecule has 4 aromatic carbocycles. The smallest absolute Gasteiger partial charge is 0.341 e. The molecule has 45 heavy (non-hydrogen) atoms. The Morgan fingerprint density at radius 1 is 0.644 bits per heavy atom. The molecule has 0 heterocycles. The molecule has 236 valence electrons. The maximum Gasteiger partial charge on any atom is 0.341 e. The van der Waals surface area contributed by atoms with Crippen molar-refractivity contribution in [1.82, 2.24) is 0 Å². The summed E-state index contributed by atoms with van der Waals surface area (Å²) in [6.45, 7) is 0.238. The van der Waals surface area contributed by atoms with Gasteiger partial charge in [-0.05, 0) is 38.1 Å². The van der Waals surface area contributed by atoms with Gasteiger partial charge in [0.05, 0.1) is 15.5 Å². The highest BCUT2D eigenvalue weighted by Gasteiger charge is 2.35. The van der Waals surface area contributed by atoms with Crippen LogP contribution in [0.1, 0.15) is 11.1 Å². The molecule has 4 aromatic rings. The zero-order valence-electron chi connectivity index (χ0n) is 23.9. The summed E-state index contributed by atoms with van der Waals surface area (Å²) in [7, 11) is -9.23. The Kier molecular flexibility index (Phi) is 9.34. The number of ether oxygens (including phenoxy) is 1. The Morgan fingerprint density at radius 2 is 1.09 bits per heavy atom. The van der Waals surface area contributed by atoms with Crippen LogP contribution in [0.25, 0.3) is 10.8 Å². The molecule has 0 aliphatic carbocycles. The van der Waals surface area contributed by atoms with Crippen LogP contribution in [0.3, 0.4) is 0 Å². The topological polar surface area (TPSA) is 196 Å². The number of carboxylic acids is 3. The van der Waals surface area contributed by atoms with Gasteiger partial charge in [-0.2, -0.15) is 0 Å².